The Hall–Kier alpha value is -2.29. The van der Waals surface area contributed by atoms with Gasteiger partial charge in [0.2, 0.25) is 5.76 Å². The number of oxazole rings is 1. The van der Waals surface area contributed by atoms with E-state index in [1.165, 1.54) is 11.1 Å². The van der Waals surface area contributed by atoms with Crippen LogP contribution in [0.2, 0.25) is 5.02 Å². The SMILES string of the molecule is O=C(c1ocnc1C(F)(F)F)N1CCN(c2ccc(Cl)cn2)CC1. The Labute approximate surface area is 139 Å². The van der Waals surface area contributed by atoms with Crippen molar-refractivity contribution in [3.8, 4) is 0 Å². The zero-order valence-electron chi connectivity index (χ0n) is 12.3. The predicted molar refractivity (Wildman–Crippen MR) is 78.9 cm³/mol. The Balaban J connectivity index is 1.68. The molecule has 0 atom stereocenters. The average Bonchev–Trinajstić information content (AvgIpc) is 3.05. The molecule has 0 radical (unpaired) electrons. The molecule has 0 unspecified atom stereocenters. The smallest absolute Gasteiger partial charge is 0.437 e. The standard InChI is InChI=1S/C14H12ClF3N4O2/c15-9-1-2-10(19-7-9)21-3-5-22(6-4-21)13(23)11-12(14(16,17)18)20-8-24-11/h1-2,7-8H,3-6H2. The lowest BCUT2D eigenvalue weighted by Crippen LogP contribution is -2.49. The summed E-state index contributed by atoms with van der Waals surface area (Å²) in [5.74, 6) is -0.897. The van der Waals surface area contributed by atoms with Crippen molar-refractivity contribution in [2.24, 2.45) is 0 Å². The fourth-order valence-electron chi connectivity index (χ4n) is 2.44. The minimum absolute atomic E-state index is 0.251. The minimum atomic E-state index is -4.73. The second-order valence-corrected chi connectivity index (χ2v) is 5.58. The first kappa shape index (κ1) is 16.6. The number of hydrogen-bond acceptors (Lipinski definition) is 5. The second kappa shape index (κ2) is 6.31. The van der Waals surface area contributed by atoms with Crippen LogP contribution in [-0.2, 0) is 6.18 Å². The fraction of sp³-hybridized carbons (Fsp3) is 0.357. The summed E-state index contributed by atoms with van der Waals surface area (Å²) in [5, 5.41) is 0.512. The molecular formula is C14H12ClF3N4O2. The Kier molecular flexibility index (Phi) is 4.35. The third-order valence-electron chi connectivity index (χ3n) is 3.63. The van der Waals surface area contributed by atoms with Gasteiger partial charge in [-0.3, -0.25) is 4.79 Å². The van der Waals surface area contributed by atoms with Crippen molar-refractivity contribution in [2.45, 2.75) is 6.18 Å². The van der Waals surface area contributed by atoms with E-state index < -0.39 is 23.5 Å². The van der Waals surface area contributed by atoms with Gasteiger partial charge in [0.15, 0.2) is 12.1 Å². The minimum Gasteiger partial charge on any atom is -0.438 e. The normalized spacial score (nSPS) is 15.7. The van der Waals surface area contributed by atoms with E-state index in [0.29, 0.717) is 30.3 Å². The lowest BCUT2D eigenvalue weighted by Gasteiger charge is -2.35. The van der Waals surface area contributed by atoms with E-state index in [0.717, 1.165) is 0 Å². The van der Waals surface area contributed by atoms with Gasteiger partial charge in [-0.15, -0.1) is 0 Å². The van der Waals surface area contributed by atoms with Crippen molar-refractivity contribution in [3.05, 3.63) is 41.2 Å². The summed E-state index contributed by atoms with van der Waals surface area (Å²) in [6.07, 6.45) is -2.59. The van der Waals surface area contributed by atoms with Gasteiger partial charge in [0, 0.05) is 32.4 Å². The van der Waals surface area contributed by atoms with Crippen LogP contribution in [0.25, 0.3) is 0 Å². The van der Waals surface area contributed by atoms with Crippen LogP contribution in [0, 0.1) is 0 Å². The zero-order valence-corrected chi connectivity index (χ0v) is 13.0. The highest BCUT2D eigenvalue weighted by molar-refractivity contribution is 6.30. The van der Waals surface area contributed by atoms with Gasteiger partial charge < -0.3 is 14.2 Å². The van der Waals surface area contributed by atoms with Crippen molar-refractivity contribution < 1.29 is 22.4 Å². The third-order valence-corrected chi connectivity index (χ3v) is 3.86. The van der Waals surface area contributed by atoms with Crippen LogP contribution < -0.4 is 4.90 Å². The maximum absolute atomic E-state index is 12.8. The molecule has 1 amide bonds. The molecule has 1 aliphatic heterocycles. The van der Waals surface area contributed by atoms with Gasteiger partial charge in [0.25, 0.3) is 5.91 Å². The highest BCUT2D eigenvalue weighted by Gasteiger charge is 2.41. The number of piperazine rings is 1. The van der Waals surface area contributed by atoms with Crippen LogP contribution in [0.4, 0.5) is 19.0 Å². The molecular weight excluding hydrogens is 349 g/mol. The Morgan fingerprint density at radius 1 is 1.17 bits per heavy atom. The van der Waals surface area contributed by atoms with Gasteiger partial charge >= 0.3 is 6.18 Å². The Morgan fingerprint density at radius 2 is 1.88 bits per heavy atom. The average molecular weight is 361 g/mol. The van der Waals surface area contributed by atoms with Gasteiger partial charge in [-0.25, -0.2) is 9.97 Å². The summed E-state index contributed by atoms with van der Waals surface area (Å²) in [6.45, 7) is 1.38. The molecule has 0 bridgehead atoms. The van der Waals surface area contributed by atoms with Gasteiger partial charge in [-0.05, 0) is 12.1 Å². The van der Waals surface area contributed by atoms with Gasteiger partial charge in [0.1, 0.15) is 5.82 Å². The monoisotopic (exact) mass is 360 g/mol. The molecule has 0 aliphatic carbocycles. The topological polar surface area (TPSA) is 62.5 Å². The van der Waals surface area contributed by atoms with Crippen molar-refractivity contribution >= 4 is 23.3 Å². The number of anilines is 1. The van der Waals surface area contributed by atoms with Crippen LogP contribution in [-0.4, -0.2) is 47.0 Å². The van der Waals surface area contributed by atoms with Crippen LogP contribution in [0.5, 0.6) is 0 Å². The van der Waals surface area contributed by atoms with Crippen molar-refractivity contribution in [2.75, 3.05) is 31.1 Å². The van der Waals surface area contributed by atoms with Gasteiger partial charge in [-0.2, -0.15) is 13.2 Å². The molecule has 6 nitrogen and oxygen atoms in total. The third kappa shape index (κ3) is 3.30. The molecule has 24 heavy (non-hydrogen) atoms. The molecule has 2 aromatic heterocycles. The van der Waals surface area contributed by atoms with E-state index in [1.807, 2.05) is 4.90 Å². The Bertz CT molecular complexity index is 724. The largest absolute Gasteiger partial charge is 0.438 e. The number of halogens is 4. The number of hydrogen-bond donors (Lipinski definition) is 0. The number of nitrogens with zero attached hydrogens (tertiary/aromatic N) is 4. The Morgan fingerprint density at radius 3 is 2.46 bits per heavy atom. The predicted octanol–water partition coefficient (Wildman–Crippen LogP) is 2.70. The molecule has 2 aromatic rings. The van der Waals surface area contributed by atoms with Crippen LogP contribution in [0.3, 0.4) is 0 Å². The first-order valence-electron chi connectivity index (χ1n) is 7.02. The van der Waals surface area contributed by atoms with E-state index >= 15 is 0 Å². The second-order valence-electron chi connectivity index (χ2n) is 5.14. The molecule has 0 spiro atoms. The van der Waals surface area contributed by atoms with E-state index in [9.17, 15) is 18.0 Å². The van der Waals surface area contributed by atoms with E-state index in [-0.39, 0.29) is 13.1 Å². The molecule has 1 aliphatic rings. The number of aromatic nitrogens is 2. The summed E-state index contributed by atoms with van der Waals surface area (Å²) in [5.41, 5.74) is -1.30. The number of rotatable bonds is 2. The molecule has 128 valence electrons. The molecule has 1 fully saturated rings. The number of carbonyl (C=O) groups is 1. The lowest BCUT2D eigenvalue weighted by molar-refractivity contribution is -0.141. The summed E-state index contributed by atoms with van der Waals surface area (Å²) in [6, 6.07) is 3.45. The van der Waals surface area contributed by atoms with Crippen molar-refractivity contribution in [1.82, 2.24) is 14.9 Å². The number of carbonyl (C=O) groups excluding carboxylic acids is 1. The molecule has 0 N–H and O–H groups in total. The molecule has 3 heterocycles. The highest BCUT2D eigenvalue weighted by atomic mass is 35.5. The number of pyridine rings is 1. The maximum atomic E-state index is 12.8. The van der Waals surface area contributed by atoms with Crippen molar-refractivity contribution in [1.29, 1.82) is 0 Å². The maximum Gasteiger partial charge on any atom is 0.437 e. The van der Waals surface area contributed by atoms with E-state index in [4.69, 9.17) is 11.6 Å². The highest BCUT2D eigenvalue weighted by Crippen LogP contribution is 2.31. The molecule has 0 aromatic carbocycles. The summed E-state index contributed by atoms with van der Waals surface area (Å²) in [7, 11) is 0. The summed E-state index contributed by atoms with van der Waals surface area (Å²) in [4.78, 5) is 22.8. The molecule has 3 rings (SSSR count). The van der Waals surface area contributed by atoms with Crippen molar-refractivity contribution in [3.63, 3.8) is 0 Å². The number of amides is 1. The quantitative estimate of drug-likeness (QED) is 0.824. The number of alkyl halides is 3. The van der Waals surface area contributed by atoms with Crippen LogP contribution in [0.15, 0.2) is 29.1 Å². The molecule has 0 saturated carbocycles. The molecule has 1 saturated heterocycles. The van der Waals surface area contributed by atoms with Crippen LogP contribution >= 0.6 is 11.6 Å². The molecule has 10 heteroatoms. The van der Waals surface area contributed by atoms with Gasteiger partial charge in [0.05, 0.1) is 5.02 Å². The van der Waals surface area contributed by atoms with E-state index in [2.05, 4.69) is 14.4 Å². The zero-order chi connectivity index (χ0) is 17.3. The summed E-state index contributed by atoms with van der Waals surface area (Å²) >= 11 is 5.78. The first-order valence-corrected chi connectivity index (χ1v) is 7.40. The fourth-order valence-corrected chi connectivity index (χ4v) is 2.55. The lowest BCUT2D eigenvalue weighted by atomic mass is 10.2. The van der Waals surface area contributed by atoms with E-state index in [1.54, 1.807) is 12.1 Å². The van der Waals surface area contributed by atoms with Crippen LogP contribution in [0.1, 0.15) is 16.2 Å². The summed E-state index contributed by atoms with van der Waals surface area (Å²) < 4.78 is 43.1. The first-order chi connectivity index (χ1) is 11.4. The van der Waals surface area contributed by atoms with Gasteiger partial charge in [-0.1, -0.05) is 11.6 Å².